The van der Waals surface area contributed by atoms with Crippen molar-refractivity contribution in [1.82, 2.24) is 20.1 Å². The molecule has 2 heterocycles. The first kappa shape index (κ1) is 16.2. The SMILES string of the molecule is CCNC(Cc1c(Br)c(CC)nn1C)c1ncccc1C. The summed E-state index contributed by atoms with van der Waals surface area (Å²) in [5.74, 6) is 0. The minimum absolute atomic E-state index is 0.201. The van der Waals surface area contributed by atoms with Gasteiger partial charge in [-0.25, -0.2) is 0 Å². The number of hydrogen-bond acceptors (Lipinski definition) is 3. The molecule has 0 bridgehead atoms. The Morgan fingerprint density at radius 3 is 2.71 bits per heavy atom. The zero-order valence-electron chi connectivity index (χ0n) is 13.2. The Kier molecular flexibility index (Phi) is 5.53. The van der Waals surface area contributed by atoms with Crippen LogP contribution in [0.3, 0.4) is 0 Å². The van der Waals surface area contributed by atoms with Crippen LogP contribution in [0.15, 0.2) is 22.8 Å². The Hall–Kier alpha value is -1.20. The Labute approximate surface area is 135 Å². The first-order chi connectivity index (χ1) is 10.1. The lowest BCUT2D eigenvalue weighted by Crippen LogP contribution is -2.25. The lowest BCUT2D eigenvalue weighted by molar-refractivity contribution is 0.514. The number of aromatic nitrogens is 3. The second-order valence-corrected chi connectivity index (χ2v) is 6.00. The van der Waals surface area contributed by atoms with Gasteiger partial charge in [-0.05, 0) is 47.4 Å². The average Bonchev–Trinajstić information content (AvgIpc) is 2.74. The highest BCUT2D eigenvalue weighted by Gasteiger charge is 2.20. The van der Waals surface area contributed by atoms with Crippen LogP contribution in [-0.4, -0.2) is 21.3 Å². The molecule has 1 atom stereocenters. The van der Waals surface area contributed by atoms with Crippen LogP contribution in [0.4, 0.5) is 0 Å². The van der Waals surface area contributed by atoms with E-state index in [2.05, 4.69) is 58.2 Å². The maximum atomic E-state index is 4.58. The molecule has 5 heteroatoms. The first-order valence-corrected chi connectivity index (χ1v) is 8.22. The molecule has 0 amide bonds. The van der Waals surface area contributed by atoms with E-state index in [1.54, 1.807) is 0 Å². The summed E-state index contributed by atoms with van der Waals surface area (Å²) in [6.45, 7) is 7.28. The molecule has 2 rings (SSSR count). The van der Waals surface area contributed by atoms with Crippen molar-refractivity contribution < 1.29 is 0 Å². The third-order valence-corrected chi connectivity index (χ3v) is 4.65. The minimum atomic E-state index is 0.201. The van der Waals surface area contributed by atoms with E-state index < -0.39 is 0 Å². The lowest BCUT2D eigenvalue weighted by atomic mass is 10.0. The van der Waals surface area contributed by atoms with E-state index >= 15 is 0 Å². The maximum Gasteiger partial charge on any atom is 0.0766 e. The highest BCUT2D eigenvalue weighted by atomic mass is 79.9. The molecule has 0 aliphatic rings. The normalized spacial score (nSPS) is 12.6. The molecule has 0 spiro atoms. The molecular formula is C16H23BrN4. The van der Waals surface area contributed by atoms with Gasteiger partial charge in [0, 0.05) is 19.7 Å². The van der Waals surface area contributed by atoms with Gasteiger partial charge >= 0.3 is 0 Å². The van der Waals surface area contributed by atoms with Gasteiger partial charge in [0.25, 0.3) is 0 Å². The number of pyridine rings is 1. The number of rotatable bonds is 6. The fourth-order valence-corrected chi connectivity index (χ4v) is 3.39. The number of hydrogen-bond donors (Lipinski definition) is 1. The van der Waals surface area contributed by atoms with Crippen molar-refractivity contribution in [3.63, 3.8) is 0 Å². The van der Waals surface area contributed by atoms with Gasteiger partial charge in [-0.2, -0.15) is 5.10 Å². The van der Waals surface area contributed by atoms with Crippen LogP contribution < -0.4 is 5.32 Å². The molecule has 0 aromatic carbocycles. The van der Waals surface area contributed by atoms with E-state index in [-0.39, 0.29) is 6.04 Å². The third-order valence-electron chi connectivity index (χ3n) is 3.73. The van der Waals surface area contributed by atoms with E-state index in [0.29, 0.717) is 0 Å². The van der Waals surface area contributed by atoms with Crippen LogP contribution in [-0.2, 0) is 19.9 Å². The Morgan fingerprint density at radius 1 is 1.38 bits per heavy atom. The molecule has 4 nitrogen and oxygen atoms in total. The predicted molar refractivity (Wildman–Crippen MR) is 89.4 cm³/mol. The molecule has 2 aromatic rings. The van der Waals surface area contributed by atoms with Crippen LogP contribution >= 0.6 is 15.9 Å². The third kappa shape index (κ3) is 3.52. The number of likely N-dealkylation sites (N-methyl/N-ethyl adjacent to an activating group) is 1. The fraction of sp³-hybridized carbons (Fsp3) is 0.500. The van der Waals surface area contributed by atoms with Gasteiger partial charge < -0.3 is 5.32 Å². The van der Waals surface area contributed by atoms with Crippen molar-refractivity contribution in [1.29, 1.82) is 0 Å². The summed E-state index contributed by atoms with van der Waals surface area (Å²) in [6.07, 6.45) is 3.67. The van der Waals surface area contributed by atoms with Crippen LogP contribution in [0.5, 0.6) is 0 Å². The van der Waals surface area contributed by atoms with Crippen LogP contribution in [0.1, 0.15) is 42.5 Å². The van der Waals surface area contributed by atoms with Gasteiger partial charge in [-0.15, -0.1) is 0 Å². The highest BCUT2D eigenvalue weighted by molar-refractivity contribution is 9.10. The Balaban J connectivity index is 2.33. The summed E-state index contributed by atoms with van der Waals surface area (Å²) < 4.78 is 3.11. The fourth-order valence-electron chi connectivity index (χ4n) is 2.61. The summed E-state index contributed by atoms with van der Waals surface area (Å²) in [5, 5.41) is 8.13. The summed E-state index contributed by atoms with van der Waals surface area (Å²) >= 11 is 3.70. The largest absolute Gasteiger partial charge is 0.309 e. The van der Waals surface area contributed by atoms with E-state index in [4.69, 9.17) is 0 Å². The predicted octanol–water partition coefficient (Wildman–Crippen LogP) is 3.34. The van der Waals surface area contributed by atoms with Crippen LogP contribution in [0, 0.1) is 6.92 Å². The molecule has 114 valence electrons. The molecular weight excluding hydrogens is 328 g/mol. The van der Waals surface area contributed by atoms with Crippen molar-refractivity contribution in [2.45, 2.75) is 39.7 Å². The van der Waals surface area contributed by atoms with E-state index in [9.17, 15) is 0 Å². The van der Waals surface area contributed by atoms with Gasteiger partial charge in [0.1, 0.15) is 0 Å². The number of nitrogens with zero attached hydrogens (tertiary/aromatic N) is 3. The minimum Gasteiger partial charge on any atom is -0.309 e. The topological polar surface area (TPSA) is 42.7 Å². The van der Waals surface area contributed by atoms with Crippen molar-refractivity contribution in [2.24, 2.45) is 7.05 Å². The van der Waals surface area contributed by atoms with Crippen molar-refractivity contribution in [3.05, 3.63) is 45.4 Å². The number of halogens is 1. The quantitative estimate of drug-likeness (QED) is 0.868. The standard InChI is InChI=1S/C16H23BrN4/c1-5-12-15(17)14(21(4)20-12)10-13(18-6-2)16-11(3)8-7-9-19-16/h7-9,13,18H,5-6,10H2,1-4H3. The van der Waals surface area contributed by atoms with Gasteiger partial charge in [0.2, 0.25) is 0 Å². The average molecular weight is 351 g/mol. The molecule has 21 heavy (non-hydrogen) atoms. The summed E-state index contributed by atoms with van der Waals surface area (Å²) in [6, 6.07) is 4.30. The zero-order valence-corrected chi connectivity index (χ0v) is 14.7. The first-order valence-electron chi connectivity index (χ1n) is 7.43. The van der Waals surface area contributed by atoms with Crippen LogP contribution in [0.25, 0.3) is 0 Å². The molecule has 2 aromatic heterocycles. The van der Waals surface area contributed by atoms with E-state index in [1.165, 1.54) is 11.3 Å². The van der Waals surface area contributed by atoms with Crippen molar-refractivity contribution >= 4 is 15.9 Å². The second-order valence-electron chi connectivity index (χ2n) is 5.20. The molecule has 0 saturated carbocycles. The highest BCUT2D eigenvalue weighted by Crippen LogP contribution is 2.27. The van der Waals surface area contributed by atoms with Crippen molar-refractivity contribution in [2.75, 3.05) is 6.54 Å². The smallest absolute Gasteiger partial charge is 0.0766 e. The van der Waals surface area contributed by atoms with Crippen molar-refractivity contribution in [3.8, 4) is 0 Å². The van der Waals surface area contributed by atoms with E-state index in [1.807, 2.05) is 24.0 Å². The summed E-state index contributed by atoms with van der Waals surface area (Å²) in [5.41, 5.74) is 4.66. The van der Waals surface area contributed by atoms with Gasteiger partial charge in [-0.1, -0.05) is 19.9 Å². The molecule has 0 radical (unpaired) electrons. The molecule has 0 aliphatic heterocycles. The van der Waals surface area contributed by atoms with Gasteiger partial charge in [-0.3, -0.25) is 9.67 Å². The van der Waals surface area contributed by atoms with Gasteiger partial charge in [0.15, 0.2) is 0 Å². The number of aryl methyl sites for hydroxylation is 3. The summed E-state index contributed by atoms with van der Waals surface area (Å²) in [7, 11) is 2.01. The zero-order chi connectivity index (χ0) is 15.4. The molecule has 0 saturated heterocycles. The molecule has 1 N–H and O–H groups in total. The summed E-state index contributed by atoms with van der Waals surface area (Å²) in [4.78, 5) is 4.57. The second kappa shape index (κ2) is 7.18. The number of nitrogens with one attached hydrogen (secondary N) is 1. The van der Waals surface area contributed by atoms with E-state index in [0.717, 1.165) is 35.2 Å². The van der Waals surface area contributed by atoms with Gasteiger partial charge in [0.05, 0.1) is 27.6 Å². The molecule has 0 aliphatic carbocycles. The monoisotopic (exact) mass is 350 g/mol. The molecule has 0 fully saturated rings. The van der Waals surface area contributed by atoms with Crippen LogP contribution in [0.2, 0.25) is 0 Å². The lowest BCUT2D eigenvalue weighted by Gasteiger charge is -2.19. The molecule has 1 unspecified atom stereocenters. The Bertz CT molecular complexity index is 606. The Morgan fingerprint density at radius 2 is 2.14 bits per heavy atom. The maximum absolute atomic E-state index is 4.58.